The largest absolute Gasteiger partial charge is 0.350 e. The van der Waals surface area contributed by atoms with Gasteiger partial charge in [-0.3, -0.25) is 4.79 Å². The van der Waals surface area contributed by atoms with Crippen molar-refractivity contribution in [3.05, 3.63) is 40.3 Å². The van der Waals surface area contributed by atoms with Crippen molar-refractivity contribution in [2.75, 3.05) is 24.7 Å². The van der Waals surface area contributed by atoms with Crippen LogP contribution in [0.2, 0.25) is 0 Å². The number of hydrogen-bond acceptors (Lipinski definition) is 5. The summed E-state index contributed by atoms with van der Waals surface area (Å²) in [5.41, 5.74) is 1.16. The van der Waals surface area contributed by atoms with Gasteiger partial charge in [-0.25, -0.2) is 9.78 Å². The molecule has 0 saturated carbocycles. The third-order valence-corrected chi connectivity index (χ3v) is 5.57. The van der Waals surface area contributed by atoms with Gasteiger partial charge in [0.05, 0.1) is 6.54 Å². The summed E-state index contributed by atoms with van der Waals surface area (Å²) in [5, 5.41) is 8.32. The predicted molar refractivity (Wildman–Crippen MR) is 122 cm³/mol. The Kier molecular flexibility index (Phi) is 8.98. The summed E-state index contributed by atoms with van der Waals surface area (Å²) >= 11 is 3.06. The molecule has 3 amide bonds. The van der Waals surface area contributed by atoms with E-state index in [1.165, 1.54) is 11.3 Å². The first-order valence-electron chi connectivity index (χ1n) is 9.71. The molecule has 0 aliphatic carbocycles. The zero-order valence-electron chi connectivity index (χ0n) is 17.7. The lowest BCUT2D eigenvalue weighted by Gasteiger charge is -2.24. The summed E-state index contributed by atoms with van der Waals surface area (Å²) in [6, 6.07) is 7.60. The predicted octanol–water partition coefficient (Wildman–Crippen LogP) is 4.94. The number of aromatic nitrogens is 1. The van der Waals surface area contributed by atoms with E-state index in [-0.39, 0.29) is 11.9 Å². The van der Waals surface area contributed by atoms with E-state index < -0.39 is 0 Å². The molecule has 0 unspecified atom stereocenters. The highest BCUT2D eigenvalue weighted by Crippen LogP contribution is 2.19. The number of benzene rings is 1. The average molecular weight is 435 g/mol. The fourth-order valence-corrected chi connectivity index (χ4v) is 3.77. The van der Waals surface area contributed by atoms with Gasteiger partial charge in [0, 0.05) is 29.1 Å². The van der Waals surface area contributed by atoms with Crippen LogP contribution in [0.5, 0.6) is 0 Å². The Hall–Kier alpha value is -2.06. The van der Waals surface area contributed by atoms with Crippen molar-refractivity contribution in [3.8, 4) is 0 Å². The van der Waals surface area contributed by atoms with E-state index in [2.05, 4.69) is 29.5 Å². The van der Waals surface area contributed by atoms with Crippen LogP contribution in [0.15, 0.2) is 34.5 Å². The molecule has 0 fully saturated rings. The van der Waals surface area contributed by atoms with Crippen LogP contribution >= 0.6 is 23.1 Å². The van der Waals surface area contributed by atoms with Gasteiger partial charge in [0.1, 0.15) is 10.7 Å². The SMILES string of the molecule is CSc1ccc(NC(=O)N(Cc2nc(C(=O)NCC(C)C)cs2)CC(C)C)cc1. The number of nitrogens with one attached hydrogen (secondary N) is 2. The highest BCUT2D eigenvalue weighted by molar-refractivity contribution is 7.98. The molecule has 0 atom stereocenters. The van der Waals surface area contributed by atoms with Gasteiger partial charge in [-0.1, -0.05) is 27.7 Å². The van der Waals surface area contributed by atoms with Crippen LogP contribution in [0.4, 0.5) is 10.5 Å². The van der Waals surface area contributed by atoms with Gasteiger partial charge >= 0.3 is 6.03 Å². The number of thioether (sulfide) groups is 1. The van der Waals surface area contributed by atoms with Crippen LogP contribution < -0.4 is 10.6 Å². The van der Waals surface area contributed by atoms with Crippen molar-refractivity contribution < 1.29 is 9.59 Å². The summed E-state index contributed by atoms with van der Waals surface area (Å²) in [6.07, 6.45) is 2.02. The number of anilines is 1. The van der Waals surface area contributed by atoms with Gasteiger partial charge in [0.15, 0.2) is 0 Å². The maximum atomic E-state index is 12.8. The fraction of sp³-hybridized carbons (Fsp3) is 0.476. The van der Waals surface area contributed by atoms with Gasteiger partial charge in [-0.05, 0) is 42.4 Å². The van der Waals surface area contributed by atoms with E-state index in [4.69, 9.17) is 0 Å². The van der Waals surface area contributed by atoms with Gasteiger partial charge in [0.25, 0.3) is 5.91 Å². The molecular formula is C21H30N4O2S2. The summed E-state index contributed by atoms with van der Waals surface area (Å²) in [5.74, 6) is 0.524. The van der Waals surface area contributed by atoms with Crippen LogP contribution in [0.1, 0.15) is 43.2 Å². The number of nitrogens with zero attached hydrogens (tertiary/aromatic N) is 2. The molecule has 29 heavy (non-hydrogen) atoms. The lowest BCUT2D eigenvalue weighted by Crippen LogP contribution is -2.37. The average Bonchev–Trinajstić information content (AvgIpc) is 3.14. The zero-order valence-corrected chi connectivity index (χ0v) is 19.3. The standard InChI is InChI=1S/C21H30N4O2S2/c1-14(2)10-22-20(26)18-13-29-19(24-18)12-25(11-15(3)4)21(27)23-16-6-8-17(28-5)9-7-16/h6-9,13-15H,10-12H2,1-5H3,(H,22,26)(H,23,27). The Bertz CT molecular complexity index is 803. The Labute approximate surface area is 181 Å². The first-order chi connectivity index (χ1) is 13.8. The van der Waals surface area contributed by atoms with E-state index in [1.807, 2.05) is 44.4 Å². The van der Waals surface area contributed by atoms with Crippen molar-refractivity contribution in [2.24, 2.45) is 11.8 Å². The molecule has 0 aliphatic rings. The van der Waals surface area contributed by atoms with Crippen molar-refractivity contribution in [1.29, 1.82) is 0 Å². The molecule has 1 heterocycles. The third kappa shape index (κ3) is 7.70. The second-order valence-corrected chi connectivity index (χ2v) is 9.49. The van der Waals surface area contributed by atoms with Crippen LogP contribution in [0, 0.1) is 11.8 Å². The molecule has 158 valence electrons. The molecule has 0 radical (unpaired) electrons. The zero-order chi connectivity index (χ0) is 21.4. The van der Waals surface area contributed by atoms with Crippen molar-refractivity contribution in [1.82, 2.24) is 15.2 Å². The molecule has 8 heteroatoms. The van der Waals surface area contributed by atoms with E-state index >= 15 is 0 Å². The molecular weight excluding hydrogens is 404 g/mol. The van der Waals surface area contributed by atoms with E-state index in [0.717, 1.165) is 15.6 Å². The molecule has 0 saturated heterocycles. The number of carbonyl (C=O) groups excluding carboxylic acids is 2. The van der Waals surface area contributed by atoms with Crippen LogP contribution in [-0.4, -0.2) is 41.2 Å². The highest BCUT2D eigenvalue weighted by Gasteiger charge is 2.19. The Morgan fingerprint density at radius 2 is 1.83 bits per heavy atom. The van der Waals surface area contributed by atoms with Crippen molar-refractivity contribution >= 4 is 40.7 Å². The fourth-order valence-electron chi connectivity index (χ4n) is 2.58. The molecule has 0 spiro atoms. The quantitative estimate of drug-likeness (QED) is 0.548. The normalized spacial score (nSPS) is 11.0. The first kappa shape index (κ1) is 23.2. The minimum atomic E-state index is -0.171. The molecule has 2 aromatic rings. The molecule has 2 N–H and O–H groups in total. The lowest BCUT2D eigenvalue weighted by atomic mass is 10.2. The smallest absolute Gasteiger partial charge is 0.322 e. The van der Waals surface area contributed by atoms with Gasteiger partial charge < -0.3 is 15.5 Å². The topological polar surface area (TPSA) is 74.3 Å². The van der Waals surface area contributed by atoms with Gasteiger partial charge in [0.2, 0.25) is 0 Å². The van der Waals surface area contributed by atoms with E-state index in [0.29, 0.717) is 37.2 Å². The monoisotopic (exact) mass is 434 g/mol. The van der Waals surface area contributed by atoms with Gasteiger partial charge in [-0.15, -0.1) is 23.1 Å². The molecule has 0 bridgehead atoms. The van der Waals surface area contributed by atoms with Gasteiger partial charge in [-0.2, -0.15) is 0 Å². The molecule has 6 nitrogen and oxygen atoms in total. The molecule has 1 aromatic heterocycles. The number of carbonyl (C=O) groups is 2. The number of rotatable bonds is 9. The Morgan fingerprint density at radius 1 is 1.14 bits per heavy atom. The van der Waals surface area contributed by atoms with Crippen LogP contribution in [-0.2, 0) is 6.54 Å². The van der Waals surface area contributed by atoms with E-state index in [9.17, 15) is 9.59 Å². The lowest BCUT2D eigenvalue weighted by molar-refractivity contribution is 0.0944. The van der Waals surface area contributed by atoms with Crippen LogP contribution in [0.3, 0.4) is 0 Å². The maximum absolute atomic E-state index is 12.8. The molecule has 2 rings (SSSR count). The summed E-state index contributed by atoms with van der Waals surface area (Å²) < 4.78 is 0. The Balaban J connectivity index is 2.04. The summed E-state index contributed by atoms with van der Waals surface area (Å²) in [6.45, 7) is 9.81. The minimum absolute atomic E-state index is 0.170. The summed E-state index contributed by atoms with van der Waals surface area (Å²) in [4.78, 5) is 32.3. The minimum Gasteiger partial charge on any atom is -0.350 e. The first-order valence-corrected chi connectivity index (χ1v) is 11.8. The number of amides is 3. The van der Waals surface area contributed by atoms with Crippen molar-refractivity contribution in [2.45, 2.75) is 39.1 Å². The van der Waals surface area contributed by atoms with E-state index in [1.54, 1.807) is 22.0 Å². The maximum Gasteiger partial charge on any atom is 0.322 e. The second kappa shape index (κ2) is 11.2. The molecule has 1 aromatic carbocycles. The molecule has 0 aliphatic heterocycles. The summed E-state index contributed by atoms with van der Waals surface area (Å²) in [7, 11) is 0. The Morgan fingerprint density at radius 3 is 2.41 bits per heavy atom. The number of thiazole rings is 1. The van der Waals surface area contributed by atoms with Crippen molar-refractivity contribution in [3.63, 3.8) is 0 Å². The number of urea groups is 1. The third-order valence-electron chi connectivity index (χ3n) is 4.00. The number of hydrogen-bond donors (Lipinski definition) is 2. The second-order valence-electron chi connectivity index (χ2n) is 7.66. The highest BCUT2D eigenvalue weighted by atomic mass is 32.2. The van der Waals surface area contributed by atoms with Crippen LogP contribution in [0.25, 0.3) is 0 Å².